The highest BCUT2D eigenvalue weighted by molar-refractivity contribution is 5.95. The maximum absolute atomic E-state index is 12.5. The number of hydrogen-bond donors (Lipinski definition) is 2. The molecular weight excluding hydrogens is 281 g/mol. The zero-order chi connectivity index (χ0) is 15.9. The van der Waals surface area contributed by atoms with Gasteiger partial charge in [0.2, 0.25) is 0 Å². The number of hydrogen-bond acceptors (Lipinski definition) is 3. The third-order valence-corrected chi connectivity index (χ3v) is 3.35. The van der Waals surface area contributed by atoms with Crippen molar-refractivity contribution < 1.29 is 9.18 Å². The second-order valence-electron chi connectivity index (χ2n) is 5.04. The Kier molecular flexibility index (Phi) is 5.49. The van der Waals surface area contributed by atoms with Gasteiger partial charge < -0.3 is 15.5 Å². The smallest absolute Gasteiger partial charge is 0.255 e. The first-order chi connectivity index (χ1) is 10.6. The Morgan fingerprint density at radius 2 is 1.82 bits per heavy atom. The second-order valence-corrected chi connectivity index (χ2v) is 5.04. The molecule has 0 spiro atoms. The van der Waals surface area contributed by atoms with Crippen LogP contribution in [0.1, 0.15) is 10.4 Å². The molecule has 5 heteroatoms. The predicted octanol–water partition coefficient (Wildman–Crippen LogP) is 2.38. The molecule has 1 aromatic rings. The number of anilines is 1. The number of nitrogens with zero attached hydrogens (tertiary/aromatic N) is 1. The van der Waals surface area contributed by atoms with E-state index >= 15 is 0 Å². The van der Waals surface area contributed by atoms with Gasteiger partial charge in [0, 0.05) is 43.1 Å². The molecule has 2 rings (SSSR count). The molecule has 22 heavy (non-hydrogen) atoms. The average Bonchev–Trinajstić information content (AvgIpc) is 2.54. The van der Waals surface area contributed by atoms with Gasteiger partial charge in [0.25, 0.3) is 5.91 Å². The summed E-state index contributed by atoms with van der Waals surface area (Å²) in [4.78, 5) is 14.3. The molecule has 0 bridgehead atoms. The molecule has 1 aliphatic heterocycles. The number of carbonyl (C=O) groups is 1. The van der Waals surface area contributed by atoms with Crippen LogP contribution in [0.4, 0.5) is 10.1 Å². The molecule has 0 atom stereocenters. The van der Waals surface area contributed by atoms with Gasteiger partial charge in [0.15, 0.2) is 0 Å². The highest BCUT2D eigenvalue weighted by atomic mass is 19.1. The van der Waals surface area contributed by atoms with Crippen molar-refractivity contribution in [3.8, 4) is 0 Å². The molecule has 0 unspecified atom stereocenters. The summed E-state index contributed by atoms with van der Waals surface area (Å²) in [5.74, 6) is -0.859. The van der Waals surface area contributed by atoms with Gasteiger partial charge in [-0.3, -0.25) is 4.79 Å². The van der Waals surface area contributed by atoms with E-state index in [-0.39, 0.29) is 5.91 Å². The van der Waals surface area contributed by atoms with Gasteiger partial charge in [0.1, 0.15) is 5.83 Å². The van der Waals surface area contributed by atoms with Crippen molar-refractivity contribution in [1.82, 2.24) is 10.6 Å². The standard InChI is InChI=1S/C17H20FN3O/c1-13(18)3-4-14(2)20-17(22)15-5-7-16(8-6-15)21-11-9-19-10-12-21/h3-8,19H,1-2,9-12H2,(H,20,22)/b4-3-. The number of nitrogens with one attached hydrogen (secondary N) is 2. The summed E-state index contributed by atoms with van der Waals surface area (Å²) in [6, 6.07) is 7.42. The molecule has 1 saturated heterocycles. The lowest BCUT2D eigenvalue weighted by Gasteiger charge is -2.29. The van der Waals surface area contributed by atoms with E-state index in [2.05, 4.69) is 28.7 Å². The summed E-state index contributed by atoms with van der Waals surface area (Å²) in [6.07, 6.45) is 2.52. The Hall–Kier alpha value is -2.40. The van der Waals surface area contributed by atoms with Gasteiger partial charge in [-0.1, -0.05) is 13.2 Å². The zero-order valence-corrected chi connectivity index (χ0v) is 12.4. The molecule has 0 aromatic heterocycles. The minimum Gasteiger partial charge on any atom is -0.369 e. The number of amides is 1. The van der Waals surface area contributed by atoms with Gasteiger partial charge in [-0.15, -0.1) is 0 Å². The quantitative estimate of drug-likeness (QED) is 0.821. The first-order valence-electron chi connectivity index (χ1n) is 7.15. The first-order valence-corrected chi connectivity index (χ1v) is 7.15. The fourth-order valence-electron chi connectivity index (χ4n) is 2.20. The van der Waals surface area contributed by atoms with Crippen molar-refractivity contribution in [2.45, 2.75) is 0 Å². The Balaban J connectivity index is 1.96. The summed E-state index contributed by atoms with van der Waals surface area (Å²) < 4.78 is 12.5. The third-order valence-electron chi connectivity index (χ3n) is 3.35. The van der Waals surface area contributed by atoms with Crippen molar-refractivity contribution >= 4 is 11.6 Å². The molecule has 0 saturated carbocycles. The number of allylic oxidation sites excluding steroid dienone is 3. The molecule has 1 heterocycles. The van der Waals surface area contributed by atoms with Gasteiger partial charge in [-0.2, -0.15) is 0 Å². The van der Waals surface area contributed by atoms with Crippen LogP contribution >= 0.6 is 0 Å². The minimum atomic E-state index is -0.587. The number of halogens is 1. The summed E-state index contributed by atoms with van der Waals surface area (Å²) in [5.41, 5.74) is 1.95. The Morgan fingerprint density at radius 3 is 2.41 bits per heavy atom. The van der Waals surface area contributed by atoms with E-state index in [4.69, 9.17) is 0 Å². The van der Waals surface area contributed by atoms with E-state index in [1.165, 1.54) is 6.08 Å². The molecular formula is C17H20FN3O. The van der Waals surface area contributed by atoms with Gasteiger partial charge in [0.05, 0.1) is 0 Å². The van der Waals surface area contributed by atoms with Gasteiger partial charge in [-0.05, 0) is 36.4 Å². The summed E-state index contributed by atoms with van der Waals surface area (Å²) in [5, 5.41) is 5.90. The van der Waals surface area contributed by atoms with E-state index in [0.717, 1.165) is 37.9 Å². The SMILES string of the molecule is C=C(F)/C=C\C(=C)NC(=O)c1ccc(N2CCNCC2)cc1. The first kappa shape index (κ1) is 16.0. The number of piperazine rings is 1. The molecule has 2 N–H and O–H groups in total. The molecule has 4 nitrogen and oxygen atoms in total. The number of rotatable bonds is 5. The van der Waals surface area contributed by atoms with Crippen molar-refractivity contribution in [3.05, 3.63) is 66.7 Å². The lowest BCUT2D eigenvalue weighted by atomic mass is 10.1. The Bertz CT molecular complexity index is 586. The lowest BCUT2D eigenvalue weighted by Crippen LogP contribution is -2.43. The normalized spacial score (nSPS) is 14.9. The minimum absolute atomic E-state index is 0.272. The number of carbonyl (C=O) groups excluding carboxylic acids is 1. The molecule has 1 aliphatic rings. The van der Waals surface area contributed by atoms with E-state index in [1.807, 2.05) is 12.1 Å². The topological polar surface area (TPSA) is 44.4 Å². The lowest BCUT2D eigenvalue weighted by molar-refractivity contribution is 0.0967. The molecule has 1 fully saturated rings. The maximum atomic E-state index is 12.5. The predicted molar refractivity (Wildman–Crippen MR) is 87.5 cm³/mol. The number of benzene rings is 1. The monoisotopic (exact) mass is 301 g/mol. The Morgan fingerprint density at radius 1 is 1.18 bits per heavy atom. The van der Waals surface area contributed by atoms with Crippen molar-refractivity contribution in [2.24, 2.45) is 0 Å². The van der Waals surface area contributed by atoms with Crippen molar-refractivity contribution in [1.29, 1.82) is 0 Å². The summed E-state index contributed by atoms with van der Waals surface area (Å²) >= 11 is 0. The molecule has 1 amide bonds. The second kappa shape index (κ2) is 7.56. The largest absolute Gasteiger partial charge is 0.369 e. The average molecular weight is 301 g/mol. The summed E-state index contributed by atoms with van der Waals surface area (Å²) in [6.45, 7) is 10.6. The van der Waals surface area contributed by atoms with Crippen LogP contribution in [0.2, 0.25) is 0 Å². The third kappa shape index (κ3) is 4.56. The van der Waals surface area contributed by atoms with E-state index in [9.17, 15) is 9.18 Å². The summed E-state index contributed by atoms with van der Waals surface area (Å²) in [7, 11) is 0. The highest BCUT2D eigenvalue weighted by Crippen LogP contribution is 2.16. The molecule has 116 valence electrons. The molecule has 0 radical (unpaired) electrons. The van der Waals surface area contributed by atoms with Crippen LogP contribution in [-0.2, 0) is 0 Å². The van der Waals surface area contributed by atoms with Crippen molar-refractivity contribution in [3.63, 3.8) is 0 Å². The highest BCUT2D eigenvalue weighted by Gasteiger charge is 2.11. The van der Waals surface area contributed by atoms with E-state index in [0.29, 0.717) is 11.3 Å². The van der Waals surface area contributed by atoms with Crippen LogP contribution in [0.5, 0.6) is 0 Å². The molecule has 1 aromatic carbocycles. The maximum Gasteiger partial charge on any atom is 0.255 e. The van der Waals surface area contributed by atoms with Crippen LogP contribution in [0.3, 0.4) is 0 Å². The fourth-order valence-corrected chi connectivity index (χ4v) is 2.20. The van der Waals surface area contributed by atoms with E-state index in [1.54, 1.807) is 12.1 Å². The zero-order valence-electron chi connectivity index (χ0n) is 12.4. The van der Waals surface area contributed by atoms with Crippen molar-refractivity contribution in [2.75, 3.05) is 31.1 Å². The van der Waals surface area contributed by atoms with Crippen LogP contribution in [-0.4, -0.2) is 32.1 Å². The van der Waals surface area contributed by atoms with E-state index < -0.39 is 5.83 Å². The van der Waals surface area contributed by atoms with Crippen LogP contribution < -0.4 is 15.5 Å². The Labute approximate surface area is 130 Å². The van der Waals surface area contributed by atoms with Gasteiger partial charge >= 0.3 is 0 Å². The molecule has 0 aliphatic carbocycles. The van der Waals surface area contributed by atoms with Crippen LogP contribution in [0.25, 0.3) is 0 Å². The fraction of sp³-hybridized carbons (Fsp3) is 0.235. The van der Waals surface area contributed by atoms with Gasteiger partial charge in [-0.25, -0.2) is 4.39 Å². The van der Waals surface area contributed by atoms with Crippen LogP contribution in [0, 0.1) is 0 Å². The van der Waals surface area contributed by atoms with Crippen LogP contribution in [0.15, 0.2) is 61.1 Å².